The molecule has 9 nitrogen and oxygen atoms in total. The Labute approximate surface area is 254 Å². The van der Waals surface area contributed by atoms with E-state index in [1.54, 1.807) is 0 Å². The van der Waals surface area contributed by atoms with Crippen LogP contribution in [0.4, 0.5) is 31.5 Å². The van der Waals surface area contributed by atoms with Crippen LogP contribution in [0, 0.1) is 4.91 Å². The topological polar surface area (TPSA) is 129 Å². The van der Waals surface area contributed by atoms with Crippen LogP contribution in [-0.2, 0) is 26.7 Å². The zero-order valence-corrected chi connectivity index (χ0v) is 24.1. The second-order valence-corrected chi connectivity index (χ2v) is 12.1. The minimum absolute atomic E-state index is 0.0109. The lowest BCUT2D eigenvalue weighted by molar-refractivity contribution is -0.143. The zero-order valence-electron chi connectivity index (χ0n) is 20.9. The summed E-state index contributed by atoms with van der Waals surface area (Å²) >= 11 is 7.98. The first kappa shape index (κ1) is 32.2. The number of thiazole rings is 1. The number of amides is 2. The Balaban J connectivity index is 1.43. The van der Waals surface area contributed by atoms with Gasteiger partial charge in [-0.25, -0.2) is 9.78 Å². The summed E-state index contributed by atoms with van der Waals surface area (Å²) in [5.74, 6) is -2.66. The number of benzene rings is 1. The number of aromatic nitrogens is 1. The summed E-state index contributed by atoms with van der Waals surface area (Å²) < 4.78 is 79.6. The van der Waals surface area contributed by atoms with Gasteiger partial charge in [0.1, 0.15) is 4.32 Å². The number of nitroso groups, excluding NO2 is 1. The number of thiophene rings is 1. The molecule has 3 heterocycles. The predicted octanol–water partition coefficient (Wildman–Crippen LogP) is 7.03. The number of carbonyl (C=O) groups excluding carboxylic acids is 2. The number of alkyl halides is 6. The lowest BCUT2D eigenvalue weighted by Crippen LogP contribution is -2.31. The van der Waals surface area contributed by atoms with Gasteiger partial charge in [0.25, 0.3) is 5.91 Å². The molecule has 226 valence electrons. The number of thiocarbonyl (C=S) groups is 1. The summed E-state index contributed by atoms with van der Waals surface area (Å²) in [5.41, 5.74) is -3.27. The largest absolute Gasteiger partial charge is 0.479 e. The molecule has 0 aliphatic carbocycles. The number of aliphatic carboxylic acids is 1. The van der Waals surface area contributed by atoms with E-state index in [0.29, 0.717) is 17.0 Å². The molecule has 1 atom stereocenters. The quantitative estimate of drug-likeness (QED) is 0.107. The normalized spacial score (nSPS) is 15.7. The fourth-order valence-electron chi connectivity index (χ4n) is 3.61. The number of hydrogen-bond acceptors (Lipinski definition) is 10. The van der Waals surface area contributed by atoms with Crippen LogP contribution in [0.5, 0.6) is 0 Å². The highest BCUT2D eigenvalue weighted by Crippen LogP contribution is 2.40. The Morgan fingerprint density at radius 1 is 1.05 bits per heavy atom. The number of nitrogens with zero attached hydrogens (tertiary/aromatic N) is 3. The van der Waals surface area contributed by atoms with Gasteiger partial charge in [-0.1, -0.05) is 24.0 Å². The van der Waals surface area contributed by atoms with E-state index in [-0.39, 0.29) is 50.2 Å². The third kappa shape index (κ3) is 7.64. The van der Waals surface area contributed by atoms with Crippen molar-refractivity contribution in [3.63, 3.8) is 0 Å². The van der Waals surface area contributed by atoms with Gasteiger partial charge in [-0.2, -0.15) is 26.3 Å². The minimum Gasteiger partial charge on any atom is -0.479 e. The minimum atomic E-state index is -5.00. The average Bonchev–Trinajstić information content (AvgIpc) is 3.62. The van der Waals surface area contributed by atoms with Gasteiger partial charge < -0.3 is 10.4 Å². The molecule has 0 saturated carbocycles. The summed E-state index contributed by atoms with van der Waals surface area (Å²) in [4.78, 5) is 52.5. The van der Waals surface area contributed by atoms with Gasteiger partial charge in [0.15, 0.2) is 5.13 Å². The van der Waals surface area contributed by atoms with Crippen LogP contribution in [0.15, 0.2) is 45.1 Å². The van der Waals surface area contributed by atoms with E-state index in [2.05, 4.69) is 15.5 Å². The Morgan fingerprint density at radius 2 is 1.70 bits per heavy atom. The van der Waals surface area contributed by atoms with Crippen LogP contribution in [0.2, 0.25) is 0 Å². The van der Waals surface area contributed by atoms with E-state index < -0.39 is 47.3 Å². The SMILES string of the molecule is O=NC(C(=O)O)c1csc(NC(=O)CCN2C(=O)C(=Cc3cc(-c4cc(C(F)(F)F)cc(C(F)(F)F)c4)cs3)SC2=S)n1. The standard InChI is InChI=1S/C24H14F6N4O5S4/c25-23(26,27)12-3-10(4-13(6-12)24(28,29)30)11-5-14(41-8-11)7-16-19(36)34(22(40)43-16)2-1-17(35)32-21-31-15(9-42-21)18(33-39)20(37)38/h3-9,18H,1-2H2,(H,37,38)(H,31,32,35). The number of nitrogens with one attached hydrogen (secondary N) is 1. The Morgan fingerprint density at radius 3 is 2.28 bits per heavy atom. The maximum Gasteiger partial charge on any atom is 0.416 e. The number of carboxylic acid groups (broad SMARTS) is 1. The van der Waals surface area contributed by atoms with E-state index in [0.717, 1.165) is 39.3 Å². The van der Waals surface area contributed by atoms with E-state index in [1.165, 1.54) is 22.9 Å². The molecule has 2 amide bonds. The third-order valence-electron chi connectivity index (χ3n) is 5.64. The fraction of sp³-hybridized carbons (Fsp3) is 0.208. The molecule has 0 bridgehead atoms. The fourth-order valence-corrected chi connectivity index (χ4v) is 6.58. The molecule has 0 spiro atoms. The van der Waals surface area contributed by atoms with Crippen LogP contribution >= 0.6 is 46.7 Å². The smallest absolute Gasteiger partial charge is 0.416 e. The van der Waals surface area contributed by atoms with Crippen molar-refractivity contribution in [3.8, 4) is 11.1 Å². The third-order valence-corrected chi connectivity index (χ3v) is 8.67. The van der Waals surface area contributed by atoms with Crippen LogP contribution in [0.3, 0.4) is 0 Å². The number of thioether (sulfide) groups is 1. The number of carbonyl (C=O) groups is 3. The molecular weight excluding hydrogens is 667 g/mol. The Kier molecular flexibility index (Phi) is 9.38. The van der Waals surface area contributed by atoms with Crippen molar-refractivity contribution in [2.75, 3.05) is 11.9 Å². The molecule has 19 heteroatoms. The maximum atomic E-state index is 13.2. The Hall–Kier alpha value is -3.68. The van der Waals surface area contributed by atoms with Gasteiger partial charge in [-0.3, -0.25) is 14.5 Å². The first-order valence-electron chi connectivity index (χ1n) is 11.5. The first-order valence-corrected chi connectivity index (χ1v) is 14.5. The lowest BCUT2D eigenvalue weighted by atomic mass is 10.0. The van der Waals surface area contributed by atoms with Crippen molar-refractivity contribution in [3.05, 3.63) is 66.5 Å². The highest BCUT2D eigenvalue weighted by molar-refractivity contribution is 8.26. The molecule has 1 unspecified atom stereocenters. The molecule has 1 aliphatic heterocycles. The number of halogens is 6. The summed E-state index contributed by atoms with van der Waals surface area (Å²) in [5, 5.41) is 16.5. The molecule has 2 aromatic heterocycles. The summed E-state index contributed by atoms with van der Waals surface area (Å²) in [6.07, 6.45) is -8.84. The molecule has 3 aromatic rings. The summed E-state index contributed by atoms with van der Waals surface area (Å²) in [6, 6.07) is 0.878. The number of hydrogen-bond donors (Lipinski definition) is 2. The molecular formula is C24H14F6N4O5S4. The van der Waals surface area contributed by atoms with Crippen LogP contribution in [-0.4, -0.2) is 43.6 Å². The molecule has 1 aliphatic rings. The van der Waals surface area contributed by atoms with Crippen molar-refractivity contribution in [1.29, 1.82) is 0 Å². The maximum absolute atomic E-state index is 13.2. The van der Waals surface area contributed by atoms with Crippen molar-refractivity contribution in [2.24, 2.45) is 5.18 Å². The van der Waals surface area contributed by atoms with Crippen LogP contribution in [0.25, 0.3) is 17.2 Å². The highest BCUT2D eigenvalue weighted by Gasteiger charge is 2.37. The molecule has 4 rings (SSSR count). The van der Waals surface area contributed by atoms with Gasteiger partial charge in [0.05, 0.1) is 21.7 Å². The van der Waals surface area contributed by atoms with E-state index in [1.807, 2.05) is 0 Å². The van der Waals surface area contributed by atoms with E-state index >= 15 is 0 Å². The molecule has 1 saturated heterocycles. The van der Waals surface area contributed by atoms with Gasteiger partial charge in [0, 0.05) is 23.2 Å². The Bertz CT molecular complexity index is 1620. The molecule has 2 N–H and O–H groups in total. The van der Waals surface area contributed by atoms with Crippen LogP contribution < -0.4 is 5.32 Å². The lowest BCUT2D eigenvalue weighted by Gasteiger charge is -2.13. The van der Waals surface area contributed by atoms with Gasteiger partial charge in [-0.05, 0) is 52.0 Å². The van der Waals surface area contributed by atoms with E-state index in [9.17, 15) is 45.6 Å². The van der Waals surface area contributed by atoms with Gasteiger partial charge in [0.2, 0.25) is 11.9 Å². The number of rotatable bonds is 9. The van der Waals surface area contributed by atoms with Crippen molar-refractivity contribution < 1.29 is 45.8 Å². The number of anilines is 1. The summed E-state index contributed by atoms with van der Waals surface area (Å²) in [7, 11) is 0. The molecule has 1 fully saturated rings. The first-order chi connectivity index (χ1) is 20.1. The predicted molar refractivity (Wildman–Crippen MR) is 151 cm³/mol. The second-order valence-electron chi connectivity index (χ2n) is 8.59. The second kappa shape index (κ2) is 12.5. The van der Waals surface area contributed by atoms with Crippen LogP contribution in [0.1, 0.15) is 34.2 Å². The van der Waals surface area contributed by atoms with Crippen molar-refractivity contribution in [1.82, 2.24) is 9.88 Å². The monoisotopic (exact) mass is 680 g/mol. The van der Waals surface area contributed by atoms with E-state index in [4.69, 9.17) is 17.3 Å². The van der Waals surface area contributed by atoms with Crippen molar-refractivity contribution in [2.45, 2.75) is 24.8 Å². The highest BCUT2D eigenvalue weighted by atomic mass is 32.2. The average molecular weight is 681 g/mol. The molecule has 1 aromatic carbocycles. The molecule has 0 radical (unpaired) electrons. The summed E-state index contributed by atoms with van der Waals surface area (Å²) in [6.45, 7) is -0.139. The van der Waals surface area contributed by atoms with Gasteiger partial charge >= 0.3 is 18.3 Å². The van der Waals surface area contributed by atoms with Gasteiger partial charge in [-0.15, -0.1) is 27.6 Å². The van der Waals surface area contributed by atoms with Crippen molar-refractivity contribution >= 4 is 80.0 Å². The molecule has 43 heavy (non-hydrogen) atoms. The number of carboxylic acids is 1. The zero-order chi connectivity index (χ0) is 31.7.